The highest BCUT2D eigenvalue weighted by atomic mass is 16.5. The van der Waals surface area contributed by atoms with Crippen molar-refractivity contribution in [3.05, 3.63) is 34.9 Å². The molecule has 0 radical (unpaired) electrons. The molecule has 3 rings (SSSR count). The third-order valence-corrected chi connectivity index (χ3v) is 2.94. The molecule has 84 valence electrons. The fourth-order valence-corrected chi connectivity index (χ4v) is 2.06. The van der Waals surface area contributed by atoms with Gasteiger partial charge in [-0.1, -0.05) is 6.07 Å². The van der Waals surface area contributed by atoms with Crippen molar-refractivity contribution in [2.45, 2.75) is 13.0 Å². The van der Waals surface area contributed by atoms with Gasteiger partial charge in [0.25, 0.3) is 0 Å². The van der Waals surface area contributed by atoms with E-state index in [0.717, 1.165) is 19.6 Å². The van der Waals surface area contributed by atoms with Crippen LogP contribution >= 0.6 is 0 Å². The highest BCUT2D eigenvalue weighted by molar-refractivity contribution is 5.35. The Morgan fingerprint density at radius 1 is 1.50 bits per heavy atom. The average molecular weight is 219 g/mol. The number of ether oxygens (including phenoxy) is 1. The summed E-state index contributed by atoms with van der Waals surface area (Å²) in [4.78, 5) is 11.9. The van der Waals surface area contributed by atoms with E-state index in [4.69, 9.17) is 4.74 Å². The van der Waals surface area contributed by atoms with Crippen LogP contribution in [0.5, 0.6) is 0 Å². The van der Waals surface area contributed by atoms with Crippen LogP contribution in [0.1, 0.15) is 6.42 Å². The van der Waals surface area contributed by atoms with Gasteiger partial charge in [0.05, 0.1) is 13.2 Å². The first-order valence-electron chi connectivity index (χ1n) is 5.46. The second kappa shape index (κ2) is 3.75. The summed E-state index contributed by atoms with van der Waals surface area (Å²) in [7, 11) is 0. The Labute approximate surface area is 92.3 Å². The molecule has 1 unspecified atom stereocenters. The van der Waals surface area contributed by atoms with Gasteiger partial charge in [-0.2, -0.15) is 0 Å². The highest BCUT2D eigenvalue weighted by Gasteiger charge is 2.18. The number of fused-ring (bicyclic) bond motifs is 1. The minimum atomic E-state index is -0.0671. The molecule has 1 saturated heterocycles. The summed E-state index contributed by atoms with van der Waals surface area (Å²) in [6.45, 7) is 2.19. The monoisotopic (exact) mass is 219 g/mol. The maximum absolute atomic E-state index is 11.9. The Morgan fingerprint density at radius 3 is 3.19 bits per heavy atom. The molecule has 0 aliphatic carbocycles. The first-order valence-corrected chi connectivity index (χ1v) is 5.46. The molecule has 0 spiro atoms. The van der Waals surface area contributed by atoms with E-state index in [1.165, 1.54) is 4.68 Å². The van der Waals surface area contributed by atoms with E-state index < -0.39 is 0 Å². The van der Waals surface area contributed by atoms with Gasteiger partial charge < -0.3 is 4.74 Å². The van der Waals surface area contributed by atoms with Gasteiger partial charge in [-0.15, -0.1) is 5.10 Å². The molecule has 16 heavy (non-hydrogen) atoms. The molecule has 1 aliphatic heterocycles. The summed E-state index contributed by atoms with van der Waals surface area (Å²) < 4.78 is 8.39. The first kappa shape index (κ1) is 9.59. The zero-order valence-electron chi connectivity index (χ0n) is 8.87. The molecule has 0 N–H and O–H groups in total. The quantitative estimate of drug-likeness (QED) is 0.740. The van der Waals surface area contributed by atoms with Crippen molar-refractivity contribution in [1.82, 2.24) is 14.2 Å². The molecule has 2 aromatic rings. The van der Waals surface area contributed by atoms with E-state index >= 15 is 0 Å². The molecule has 5 nitrogen and oxygen atoms in total. The molecule has 0 aromatic carbocycles. The molecular formula is C11H13N3O2. The summed E-state index contributed by atoms with van der Waals surface area (Å²) in [6.07, 6.45) is 2.76. The Balaban J connectivity index is 1.97. The molecule has 2 aromatic heterocycles. The van der Waals surface area contributed by atoms with E-state index in [1.807, 2.05) is 18.2 Å². The maximum Gasteiger partial charge on any atom is 0.350 e. The van der Waals surface area contributed by atoms with E-state index in [-0.39, 0.29) is 5.69 Å². The molecule has 0 amide bonds. The highest BCUT2D eigenvalue weighted by Crippen LogP contribution is 2.13. The summed E-state index contributed by atoms with van der Waals surface area (Å²) >= 11 is 0. The van der Waals surface area contributed by atoms with Crippen molar-refractivity contribution in [3.63, 3.8) is 0 Å². The smallest absolute Gasteiger partial charge is 0.350 e. The number of aromatic nitrogens is 3. The van der Waals surface area contributed by atoms with E-state index in [2.05, 4.69) is 5.10 Å². The average Bonchev–Trinajstić information content (AvgIpc) is 2.90. The minimum absolute atomic E-state index is 0.0671. The van der Waals surface area contributed by atoms with Gasteiger partial charge >= 0.3 is 5.69 Å². The lowest BCUT2D eigenvalue weighted by atomic mass is 10.1. The molecule has 0 saturated carbocycles. The second-order valence-corrected chi connectivity index (χ2v) is 4.12. The third-order valence-electron chi connectivity index (χ3n) is 2.94. The summed E-state index contributed by atoms with van der Waals surface area (Å²) in [6, 6.07) is 5.55. The van der Waals surface area contributed by atoms with Crippen molar-refractivity contribution in [3.8, 4) is 0 Å². The minimum Gasteiger partial charge on any atom is -0.381 e. The number of rotatable bonds is 2. The van der Waals surface area contributed by atoms with Gasteiger partial charge in [0.2, 0.25) is 0 Å². The maximum atomic E-state index is 11.9. The summed E-state index contributed by atoms with van der Waals surface area (Å²) in [5, 5.41) is 4.29. The van der Waals surface area contributed by atoms with Crippen molar-refractivity contribution in [2.24, 2.45) is 5.92 Å². The van der Waals surface area contributed by atoms with Crippen molar-refractivity contribution in [1.29, 1.82) is 0 Å². The van der Waals surface area contributed by atoms with Crippen LogP contribution in [0, 0.1) is 5.92 Å². The first-order chi connectivity index (χ1) is 7.84. The molecule has 1 fully saturated rings. The van der Waals surface area contributed by atoms with Crippen molar-refractivity contribution in [2.75, 3.05) is 13.2 Å². The number of nitrogens with zero attached hydrogens (tertiary/aromatic N) is 3. The Kier molecular flexibility index (Phi) is 2.25. The Morgan fingerprint density at radius 2 is 2.44 bits per heavy atom. The number of hydrogen-bond acceptors (Lipinski definition) is 3. The normalized spacial score (nSPS) is 20.6. The zero-order valence-corrected chi connectivity index (χ0v) is 8.87. The third kappa shape index (κ3) is 1.53. The van der Waals surface area contributed by atoms with Crippen LogP contribution in [0.3, 0.4) is 0 Å². The largest absolute Gasteiger partial charge is 0.381 e. The van der Waals surface area contributed by atoms with E-state index in [1.54, 1.807) is 10.6 Å². The predicted octanol–water partition coefficient (Wildman–Crippen LogP) is 0.532. The van der Waals surface area contributed by atoms with Crippen molar-refractivity contribution < 1.29 is 4.74 Å². The van der Waals surface area contributed by atoms with Crippen LogP contribution in [0.4, 0.5) is 0 Å². The standard InChI is InChI=1S/C11H13N3O2/c15-11-13-5-2-1-3-10(13)12-14(11)7-9-4-6-16-8-9/h1-3,5,9H,4,6-8H2. The fourth-order valence-electron chi connectivity index (χ4n) is 2.06. The lowest BCUT2D eigenvalue weighted by Crippen LogP contribution is -2.25. The van der Waals surface area contributed by atoms with Crippen LogP contribution < -0.4 is 5.69 Å². The van der Waals surface area contributed by atoms with Crippen LogP contribution in [0.15, 0.2) is 29.2 Å². The van der Waals surface area contributed by atoms with E-state index in [9.17, 15) is 4.79 Å². The Bertz CT molecular complexity index is 552. The summed E-state index contributed by atoms with van der Waals surface area (Å²) in [5.74, 6) is 0.419. The molecule has 5 heteroatoms. The van der Waals surface area contributed by atoms with Crippen LogP contribution in [-0.4, -0.2) is 27.4 Å². The van der Waals surface area contributed by atoms with E-state index in [0.29, 0.717) is 18.1 Å². The molecular weight excluding hydrogens is 206 g/mol. The second-order valence-electron chi connectivity index (χ2n) is 4.12. The lowest BCUT2D eigenvalue weighted by molar-refractivity contribution is 0.181. The zero-order chi connectivity index (χ0) is 11.0. The topological polar surface area (TPSA) is 48.5 Å². The molecule has 1 atom stereocenters. The predicted molar refractivity (Wildman–Crippen MR) is 58.4 cm³/mol. The molecule has 3 heterocycles. The van der Waals surface area contributed by atoms with Gasteiger partial charge in [-0.25, -0.2) is 9.48 Å². The van der Waals surface area contributed by atoms with Gasteiger partial charge in [0, 0.05) is 18.7 Å². The Hall–Kier alpha value is -1.62. The van der Waals surface area contributed by atoms with Crippen LogP contribution in [0.2, 0.25) is 0 Å². The van der Waals surface area contributed by atoms with Gasteiger partial charge in [-0.05, 0) is 18.6 Å². The molecule has 0 bridgehead atoms. The van der Waals surface area contributed by atoms with Crippen molar-refractivity contribution >= 4 is 5.65 Å². The van der Waals surface area contributed by atoms with Gasteiger partial charge in [-0.3, -0.25) is 4.40 Å². The summed E-state index contributed by atoms with van der Waals surface area (Å²) in [5.41, 5.74) is 0.633. The SMILES string of the molecule is O=c1n(CC2CCOC2)nc2ccccn12. The van der Waals surface area contributed by atoms with Gasteiger partial charge in [0.15, 0.2) is 5.65 Å². The van der Waals surface area contributed by atoms with Crippen LogP contribution in [0.25, 0.3) is 5.65 Å². The molecule has 1 aliphatic rings. The van der Waals surface area contributed by atoms with Gasteiger partial charge in [0.1, 0.15) is 0 Å². The number of hydrogen-bond donors (Lipinski definition) is 0. The van der Waals surface area contributed by atoms with Crippen LogP contribution in [-0.2, 0) is 11.3 Å². The number of pyridine rings is 1. The fraction of sp³-hybridized carbons (Fsp3) is 0.455. The lowest BCUT2D eigenvalue weighted by Gasteiger charge is -2.04.